The number of aryl methyl sites for hydroxylation is 1. The molecule has 5 rings (SSSR count). The van der Waals surface area contributed by atoms with Gasteiger partial charge in [0.1, 0.15) is 42.8 Å². The number of unbranched alkanes of at least 4 members (excludes halogenated alkanes) is 1. The van der Waals surface area contributed by atoms with Crippen LogP contribution in [-0.2, 0) is 43.4 Å². The highest BCUT2D eigenvalue weighted by Gasteiger charge is 2.48. The fraction of sp³-hybridized carbons (Fsp3) is 0.356. The molecule has 8 N–H and O–H groups in total. The SMILES string of the molecule is CCCCc1ccc(-c2ccc(C(=O)NCC(=O)N(C)C3C(=O)N[C@@H](C)C(=O)NC(C(=O)N[S+]([O-])C(F)(F)F)Cc4ccc(OCCN)c(c4)-c4cc3ccc4OCCN)cc2)cc1. The lowest BCUT2D eigenvalue weighted by molar-refractivity contribution is -0.139. The molecule has 1 aliphatic heterocycles. The summed E-state index contributed by atoms with van der Waals surface area (Å²) in [6, 6.07) is 19.8. The lowest BCUT2D eigenvalue weighted by Crippen LogP contribution is -2.56. The van der Waals surface area contributed by atoms with Crippen LogP contribution in [0.4, 0.5) is 13.2 Å². The Kier molecular flexibility index (Phi) is 17.2. The number of likely N-dealkylation sites (N-methyl/N-ethyl adjacent to an activating group) is 1. The van der Waals surface area contributed by atoms with E-state index in [4.69, 9.17) is 20.9 Å². The largest absolute Gasteiger partial charge is 0.598 e. The van der Waals surface area contributed by atoms with Crippen LogP contribution in [0.2, 0.25) is 0 Å². The van der Waals surface area contributed by atoms with Crippen molar-refractivity contribution >= 4 is 40.9 Å². The molecule has 4 bridgehead atoms. The van der Waals surface area contributed by atoms with Gasteiger partial charge in [-0.3, -0.25) is 24.0 Å². The predicted octanol–water partition coefficient (Wildman–Crippen LogP) is 3.81. The molecule has 15 nitrogen and oxygen atoms in total. The minimum absolute atomic E-state index is 0.0539. The molecule has 1 aliphatic rings. The third-order valence-electron chi connectivity index (χ3n) is 10.3. The van der Waals surface area contributed by atoms with Gasteiger partial charge in [0.25, 0.3) is 11.8 Å². The number of rotatable bonds is 16. The van der Waals surface area contributed by atoms with E-state index in [-0.39, 0.29) is 43.4 Å². The Labute approximate surface area is 372 Å². The van der Waals surface area contributed by atoms with Crippen molar-refractivity contribution in [2.45, 2.75) is 63.2 Å². The molecule has 0 radical (unpaired) electrons. The summed E-state index contributed by atoms with van der Waals surface area (Å²) in [5.74, 6) is -3.98. The number of nitrogens with two attached hydrogens (primary N) is 2. The quantitative estimate of drug-likeness (QED) is 0.0891. The van der Waals surface area contributed by atoms with Crippen molar-refractivity contribution in [3.63, 3.8) is 0 Å². The third kappa shape index (κ3) is 12.7. The second-order valence-corrected chi connectivity index (χ2v) is 16.2. The maximum atomic E-state index is 14.3. The monoisotopic (exact) mass is 907 g/mol. The number of amides is 5. The number of hydrogen-bond donors (Lipinski definition) is 6. The maximum absolute atomic E-state index is 14.3. The van der Waals surface area contributed by atoms with E-state index in [1.165, 1.54) is 36.4 Å². The molecule has 0 saturated heterocycles. The van der Waals surface area contributed by atoms with Crippen molar-refractivity contribution < 1.29 is 51.2 Å². The van der Waals surface area contributed by atoms with E-state index in [1.54, 1.807) is 48.5 Å². The molecule has 4 atom stereocenters. The van der Waals surface area contributed by atoms with Gasteiger partial charge in [-0.15, -0.1) is 13.2 Å². The second-order valence-electron chi connectivity index (χ2n) is 15.0. The van der Waals surface area contributed by atoms with Gasteiger partial charge in [0, 0.05) is 43.2 Å². The first-order valence-electron chi connectivity index (χ1n) is 20.6. The first-order valence-corrected chi connectivity index (χ1v) is 21.8. The smallest absolute Gasteiger partial charge is 0.586 e. The Hall–Kier alpha value is -6.15. The summed E-state index contributed by atoms with van der Waals surface area (Å²) >= 11 is -3.80. The standard InChI is InChI=1S/C45H52F3N7O8S/c1-4-5-6-28-7-10-30(11-8-28)31-12-14-32(15-13-31)42(58)51-26-39(56)55(3)40-33-16-18-38(63-22-20-50)35(25-33)34-23-29(9-17-37(34)62-21-19-49)24-36(43(59)54-64(61)45(46,47)48)53-41(57)27(2)52-44(40)60/h7-18,23,25,27,36,40H,4-6,19-22,24,26,49-50H2,1-3H3,(H,51,58)(H,52,60)(H,53,57)(H,54,59)/t27-,36?,40?,64?/m0/s1. The molecule has 0 aliphatic carbocycles. The Bertz CT molecular complexity index is 2280. The zero-order valence-electron chi connectivity index (χ0n) is 35.6. The number of benzene rings is 4. The summed E-state index contributed by atoms with van der Waals surface area (Å²) < 4.78 is 64.9. The van der Waals surface area contributed by atoms with Crippen molar-refractivity contribution in [2.24, 2.45) is 11.5 Å². The maximum Gasteiger partial charge on any atom is 0.598 e. The molecule has 0 spiro atoms. The van der Waals surface area contributed by atoms with Crippen molar-refractivity contribution in [1.82, 2.24) is 25.6 Å². The van der Waals surface area contributed by atoms with Crippen LogP contribution in [0.25, 0.3) is 22.3 Å². The summed E-state index contributed by atoms with van der Waals surface area (Å²) in [5.41, 5.74) is 10.8. The normalized spacial score (nSPS) is 16.9. The van der Waals surface area contributed by atoms with Gasteiger partial charge in [0.15, 0.2) is 11.4 Å². The van der Waals surface area contributed by atoms with Crippen LogP contribution < -0.4 is 41.6 Å². The van der Waals surface area contributed by atoms with Crippen LogP contribution in [0, 0.1) is 0 Å². The summed E-state index contributed by atoms with van der Waals surface area (Å²) in [6.45, 7) is 3.23. The molecule has 0 saturated carbocycles. The zero-order chi connectivity index (χ0) is 46.6. The zero-order valence-corrected chi connectivity index (χ0v) is 36.4. The van der Waals surface area contributed by atoms with Gasteiger partial charge in [0.2, 0.25) is 17.7 Å². The van der Waals surface area contributed by atoms with Gasteiger partial charge in [-0.25, -0.2) is 0 Å². The molecule has 5 amide bonds. The lowest BCUT2D eigenvalue weighted by atomic mass is 9.93. The Balaban J connectivity index is 1.47. The Morgan fingerprint density at radius 1 is 0.859 bits per heavy atom. The van der Waals surface area contributed by atoms with E-state index < -0.39 is 77.5 Å². The van der Waals surface area contributed by atoms with Crippen LogP contribution in [0.15, 0.2) is 84.9 Å². The summed E-state index contributed by atoms with van der Waals surface area (Å²) in [6.07, 6.45) is 2.81. The fourth-order valence-electron chi connectivity index (χ4n) is 6.89. The molecule has 3 unspecified atom stereocenters. The van der Waals surface area contributed by atoms with Crippen LogP contribution in [0.3, 0.4) is 0 Å². The minimum Gasteiger partial charge on any atom is -0.586 e. The van der Waals surface area contributed by atoms with Gasteiger partial charge in [-0.2, -0.15) is 4.72 Å². The summed E-state index contributed by atoms with van der Waals surface area (Å²) in [4.78, 5) is 69.3. The third-order valence-corrected chi connectivity index (χ3v) is 11.1. The van der Waals surface area contributed by atoms with Crippen molar-refractivity contribution in [2.75, 3.05) is 39.9 Å². The topological polar surface area (TPSA) is 230 Å². The molecule has 64 heavy (non-hydrogen) atoms. The highest BCUT2D eigenvalue weighted by Crippen LogP contribution is 2.40. The number of hydrogen-bond acceptors (Lipinski definition) is 10. The van der Waals surface area contributed by atoms with Gasteiger partial charge < -0.3 is 46.3 Å². The van der Waals surface area contributed by atoms with Crippen LogP contribution >= 0.6 is 0 Å². The first kappa shape index (κ1) is 48.9. The van der Waals surface area contributed by atoms with E-state index >= 15 is 0 Å². The number of ether oxygens (including phenoxy) is 2. The molecule has 342 valence electrons. The lowest BCUT2D eigenvalue weighted by Gasteiger charge is -2.30. The summed E-state index contributed by atoms with van der Waals surface area (Å²) in [5, 5.41) is 7.50. The molecule has 0 aromatic heterocycles. The van der Waals surface area contributed by atoms with Crippen LogP contribution in [0.1, 0.15) is 59.8 Å². The number of nitrogens with zero attached hydrogens (tertiary/aromatic N) is 1. The first-order chi connectivity index (χ1) is 30.5. The second kappa shape index (κ2) is 22.5. The van der Waals surface area contributed by atoms with E-state index in [0.717, 1.165) is 35.3 Å². The number of carbonyl (C=O) groups is 5. The average Bonchev–Trinajstić information content (AvgIpc) is 3.28. The highest BCUT2D eigenvalue weighted by molar-refractivity contribution is 7.90. The molecule has 0 fully saturated rings. The van der Waals surface area contributed by atoms with E-state index in [0.29, 0.717) is 22.3 Å². The minimum atomic E-state index is -5.30. The predicted molar refractivity (Wildman–Crippen MR) is 235 cm³/mol. The number of carbonyl (C=O) groups excluding carboxylic acids is 5. The number of nitrogens with one attached hydrogen (secondary N) is 4. The summed E-state index contributed by atoms with van der Waals surface area (Å²) in [7, 11) is 1.34. The van der Waals surface area contributed by atoms with Gasteiger partial charge in [-0.05, 0) is 84.0 Å². The fourth-order valence-corrected chi connectivity index (χ4v) is 7.33. The van der Waals surface area contributed by atoms with Gasteiger partial charge in [0.05, 0.1) is 6.54 Å². The molecular weight excluding hydrogens is 856 g/mol. The number of alkyl halides is 3. The average molecular weight is 908 g/mol. The molecule has 1 heterocycles. The Morgan fingerprint density at radius 2 is 1.45 bits per heavy atom. The number of halogens is 3. The van der Waals surface area contributed by atoms with Gasteiger partial charge in [-0.1, -0.05) is 61.9 Å². The van der Waals surface area contributed by atoms with Gasteiger partial charge >= 0.3 is 5.51 Å². The van der Waals surface area contributed by atoms with Crippen molar-refractivity contribution in [1.29, 1.82) is 0 Å². The van der Waals surface area contributed by atoms with Crippen molar-refractivity contribution in [3.8, 4) is 33.8 Å². The molecule has 4 aromatic carbocycles. The molecule has 19 heteroatoms. The molecular formula is C45H52F3N7O8S. The van der Waals surface area contributed by atoms with E-state index in [1.807, 2.05) is 12.1 Å². The number of fused-ring (bicyclic) bond motifs is 5. The van der Waals surface area contributed by atoms with Crippen LogP contribution in [0.5, 0.6) is 11.5 Å². The Morgan fingerprint density at radius 3 is 2.05 bits per heavy atom. The molecule has 4 aromatic rings. The van der Waals surface area contributed by atoms with E-state index in [2.05, 4.69) is 35.0 Å². The van der Waals surface area contributed by atoms with Crippen LogP contribution in [-0.4, -0.2) is 96.5 Å². The highest BCUT2D eigenvalue weighted by atomic mass is 32.2. The van der Waals surface area contributed by atoms with E-state index in [9.17, 15) is 41.7 Å². The van der Waals surface area contributed by atoms with Crippen molar-refractivity contribution in [3.05, 3.63) is 107 Å².